The molecule has 0 radical (unpaired) electrons. The van der Waals surface area contributed by atoms with Gasteiger partial charge in [0.15, 0.2) is 11.6 Å². The Kier molecular flexibility index (Phi) is 3.99. The van der Waals surface area contributed by atoms with Crippen molar-refractivity contribution in [1.29, 1.82) is 0 Å². The highest BCUT2D eigenvalue weighted by Gasteiger charge is 2.14. The van der Waals surface area contributed by atoms with Crippen LogP contribution in [0.1, 0.15) is 24.4 Å². The third-order valence-corrected chi connectivity index (χ3v) is 2.64. The van der Waals surface area contributed by atoms with Crippen LogP contribution in [0.5, 0.6) is 0 Å². The molecule has 4 nitrogen and oxygen atoms in total. The highest BCUT2D eigenvalue weighted by atomic mass is 19.2. The quantitative estimate of drug-likeness (QED) is 0.855. The number of hydrogen-bond acceptors (Lipinski definition) is 3. The summed E-state index contributed by atoms with van der Waals surface area (Å²) in [6.07, 6.45) is 1.94. The number of rotatable bonds is 5. The molecule has 0 fully saturated rings. The van der Waals surface area contributed by atoms with Crippen molar-refractivity contribution < 1.29 is 8.78 Å². The Morgan fingerprint density at radius 1 is 1.33 bits per heavy atom. The Morgan fingerprint density at radius 3 is 2.78 bits per heavy atom. The average molecular weight is 252 g/mol. The van der Waals surface area contributed by atoms with Crippen LogP contribution in [0.4, 0.5) is 8.78 Å². The van der Waals surface area contributed by atoms with Crippen LogP contribution in [0.25, 0.3) is 0 Å². The van der Waals surface area contributed by atoms with Crippen molar-refractivity contribution in [3.63, 3.8) is 0 Å². The molecule has 18 heavy (non-hydrogen) atoms. The second-order valence-corrected chi connectivity index (χ2v) is 3.93. The fourth-order valence-corrected chi connectivity index (χ4v) is 1.80. The third-order valence-electron chi connectivity index (χ3n) is 2.64. The summed E-state index contributed by atoms with van der Waals surface area (Å²) in [5.74, 6) is -0.986. The van der Waals surface area contributed by atoms with Crippen LogP contribution in [0.2, 0.25) is 0 Å². The Balaban J connectivity index is 2.16. The van der Waals surface area contributed by atoms with Crippen LogP contribution < -0.4 is 5.32 Å². The van der Waals surface area contributed by atoms with Crippen molar-refractivity contribution in [2.45, 2.75) is 19.4 Å². The van der Waals surface area contributed by atoms with Gasteiger partial charge in [-0.05, 0) is 30.7 Å². The van der Waals surface area contributed by atoms with Gasteiger partial charge in [0, 0.05) is 0 Å². The monoisotopic (exact) mass is 252 g/mol. The summed E-state index contributed by atoms with van der Waals surface area (Å²) >= 11 is 0. The van der Waals surface area contributed by atoms with E-state index in [1.807, 2.05) is 6.92 Å². The van der Waals surface area contributed by atoms with E-state index in [9.17, 15) is 8.78 Å². The Bertz CT molecular complexity index is 499. The van der Waals surface area contributed by atoms with Crippen molar-refractivity contribution in [3.05, 3.63) is 47.5 Å². The highest BCUT2D eigenvalue weighted by Crippen LogP contribution is 2.16. The molecule has 1 aromatic heterocycles. The van der Waals surface area contributed by atoms with Gasteiger partial charge in [0.05, 0.1) is 6.04 Å². The van der Waals surface area contributed by atoms with Crippen LogP contribution in [0.3, 0.4) is 0 Å². The maximum absolute atomic E-state index is 13.1. The van der Waals surface area contributed by atoms with Crippen molar-refractivity contribution in [1.82, 2.24) is 20.5 Å². The summed E-state index contributed by atoms with van der Waals surface area (Å²) in [6, 6.07) is 3.81. The zero-order valence-electron chi connectivity index (χ0n) is 9.95. The highest BCUT2D eigenvalue weighted by molar-refractivity contribution is 5.19. The maximum Gasteiger partial charge on any atom is 0.159 e. The summed E-state index contributed by atoms with van der Waals surface area (Å²) < 4.78 is 26.0. The number of aromatic nitrogens is 3. The van der Waals surface area contributed by atoms with E-state index >= 15 is 0 Å². The smallest absolute Gasteiger partial charge is 0.159 e. The molecule has 0 saturated carbocycles. The lowest BCUT2D eigenvalue weighted by Crippen LogP contribution is -2.24. The largest absolute Gasteiger partial charge is 0.307 e. The minimum atomic E-state index is -0.835. The lowest BCUT2D eigenvalue weighted by Gasteiger charge is -2.15. The van der Waals surface area contributed by atoms with Crippen LogP contribution >= 0.6 is 0 Å². The molecule has 0 aliphatic rings. The van der Waals surface area contributed by atoms with Crippen LogP contribution in [-0.4, -0.2) is 21.7 Å². The maximum atomic E-state index is 13.1. The summed E-state index contributed by atoms with van der Waals surface area (Å²) in [5.41, 5.74) is 0.705. The molecule has 2 rings (SSSR count). The van der Waals surface area contributed by atoms with Gasteiger partial charge in [-0.2, -0.15) is 5.10 Å². The normalized spacial score (nSPS) is 12.6. The molecule has 2 aromatic rings. The molecule has 0 aliphatic heterocycles. The van der Waals surface area contributed by atoms with Gasteiger partial charge in [-0.3, -0.25) is 5.10 Å². The first-order chi connectivity index (χ1) is 8.70. The van der Waals surface area contributed by atoms with E-state index in [4.69, 9.17) is 0 Å². The van der Waals surface area contributed by atoms with Crippen LogP contribution in [0, 0.1) is 11.6 Å². The average Bonchev–Trinajstić information content (AvgIpc) is 2.87. The molecule has 96 valence electrons. The molecule has 1 unspecified atom stereocenters. The molecule has 2 N–H and O–H groups in total. The molecule has 6 heteroatoms. The van der Waals surface area contributed by atoms with Crippen LogP contribution in [0.15, 0.2) is 24.5 Å². The number of likely N-dealkylation sites (N-methyl/N-ethyl adjacent to an activating group) is 1. The second kappa shape index (κ2) is 5.68. The Labute approximate surface area is 103 Å². The van der Waals surface area contributed by atoms with E-state index in [0.29, 0.717) is 17.8 Å². The molecule has 1 atom stereocenters. The van der Waals surface area contributed by atoms with Crippen molar-refractivity contribution in [3.8, 4) is 0 Å². The van der Waals surface area contributed by atoms with E-state index < -0.39 is 11.6 Å². The minimum absolute atomic E-state index is 0.0950. The zero-order chi connectivity index (χ0) is 13.0. The van der Waals surface area contributed by atoms with Gasteiger partial charge in [-0.15, -0.1) is 0 Å². The summed E-state index contributed by atoms with van der Waals surface area (Å²) in [5, 5.41) is 9.78. The second-order valence-electron chi connectivity index (χ2n) is 3.93. The van der Waals surface area contributed by atoms with E-state index in [-0.39, 0.29) is 6.04 Å². The van der Waals surface area contributed by atoms with Gasteiger partial charge in [0.1, 0.15) is 12.2 Å². The topological polar surface area (TPSA) is 53.6 Å². The first-order valence-electron chi connectivity index (χ1n) is 5.73. The van der Waals surface area contributed by atoms with E-state index in [0.717, 1.165) is 12.6 Å². The minimum Gasteiger partial charge on any atom is -0.307 e. The van der Waals surface area contributed by atoms with Crippen molar-refractivity contribution >= 4 is 0 Å². The molecule has 1 heterocycles. The number of hydrogen-bond donors (Lipinski definition) is 2. The molecule has 0 aliphatic carbocycles. The standard InChI is InChI=1S/C12H14F2N4/c1-2-15-11(12-16-7-17-18-12)6-8-3-4-9(13)10(14)5-8/h3-5,7,11,15H,2,6H2,1H3,(H,16,17,18). The van der Waals surface area contributed by atoms with Gasteiger partial charge in [0.25, 0.3) is 0 Å². The molecule has 0 saturated heterocycles. The van der Waals surface area contributed by atoms with Gasteiger partial charge in [-0.1, -0.05) is 13.0 Å². The number of aromatic amines is 1. The van der Waals surface area contributed by atoms with Crippen molar-refractivity contribution in [2.75, 3.05) is 6.54 Å². The number of halogens is 2. The lowest BCUT2D eigenvalue weighted by atomic mass is 10.1. The number of nitrogens with zero attached hydrogens (tertiary/aromatic N) is 2. The number of nitrogens with one attached hydrogen (secondary N) is 2. The van der Waals surface area contributed by atoms with Crippen LogP contribution in [-0.2, 0) is 6.42 Å². The first-order valence-corrected chi connectivity index (χ1v) is 5.73. The molecule has 0 spiro atoms. The first kappa shape index (κ1) is 12.6. The van der Waals surface area contributed by atoms with Gasteiger partial charge < -0.3 is 5.32 Å². The summed E-state index contributed by atoms with van der Waals surface area (Å²) in [4.78, 5) is 4.07. The zero-order valence-corrected chi connectivity index (χ0v) is 9.95. The van der Waals surface area contributed by atoms with Crippen molar-refractivity contribution in [2.24, 2.45) is 0 Å². The predicted molar refractivity (Wildman–Crippen MR) is 62.9 cm³/mol. The van der Waals surface area contributed by atoms with Gasteiger partial charge in [0.2, 0.25) is 0 Å². The van der Waals surface area contributed by atoms with E-state index in [1.54, 1.807) is 6.07 Å². The Morgan fingerprint density at radius 2 is 2.17 bits per heavy atom. The molecule has 0 amide bonds. The van der Waals surface area contributed by atoms with Gasteiger partial charge >= 0.3 is 0 Å². The van der Waals surface area contributed by atoms with E-state index in [2.05, 4.69) is 20.5 Å². The van der Waals surface area contributed by atoms with Gasteiger partial charge in [-0.25, -0.2) is 13.8 Å². The van der Waals surface area contributed by atoms with E-state index in [1.165, 1.54) is 12.4 Å². The molecule has 1 aromatic carbocycles. The fourth-order valence-electron chi connectivity index (χ4n) is 1.80. The summed E-state index contributed by atoms with van der Waals surface area (Å²) in [6.45, 7) is 2.71. The Hall–Kier alpha value is -1.82. The molecular weight excluding hydrogens is 238 g/mol. The predicted octanol–water partition coefficient (Wildman–Crippen LogP) is 1.98. The number of H-pyrrole nitrogens is 1. The SMILES string of the molecule is CCNC(Cc1ccc(F)c(F)c1)c1ncn[nH]1. The third kappa shape index (κ3) is 2.89. The molecule has 0 bridgehead atoms. The molecular formula is C12H14F2N4. The lowest BCUT2D eigenvalue weighted by molar-refractivity contribution is 0.498. The summed E-state index contributed by atoms with van der Waals surface area (Å²) in [7, 11) is 0. The number of benzene rings is 1. The fraction of sp³-hybridized carbons (Fsp3) is 0.333.